The molecule has 0 saturated heterocycles. The molecule has 0 aliphatic heterocycles. The first-order valence-electron chi connectivity index (χ1n) is 8.61. The first kappa shape index (κ1) is 26.8. The van der Waals surface area contributed by atoms with Gasteiger partial charge in [-0.25, -0.2) is 0 Å². The average Bonchev–Trinajstić information content (AvgIpc) is 2.48. The largest absolute Gasteiger partial charge is 1.00 e. The van der Waals surface area contributed by atoms with Gasteiger partial charge in [-0.3, -0.25) is 4.55 Å². The van der Waals surface area contributed by atoms with Crippen LogP contribution in [0.5, 0.6) is 0 Å². The molecule has 0 spiro atoms. The van der Waals surface area contributed by atoms with E-state index in [0.717, 1.165) is 18.4 Å². The van der Waals surface area contributed by atoms with E-state index >= 15 is 0 Å². The Morgan fingerprint density at radius 3 is 1.79 bits per heavy atom. The second-order valence-corrected chi connectivity index (χ2v) is 7.40. The summed E-state index contributed by atoms with van der Waals surface area (Å²) in [5, 5.41) is 0. The van der Waals surface area contributed by atoms with Crippen LogP contribution in [-0.2, 0) is 16.5 Å². The maximum absolute atomic E-state index is 11.3. The Hall–Kier alpha value is 0.610. The molecule has 0 aromatic heterocycles. The summed E-state index contributed by atoms with van der Waals surface area (Å²) in [6, 6.07) is 6.73. The molecule has 0 unspecified atom stereocenters. The third-order valence-corrected chi connectivity index (χ3v) is 5.00. The Morgan fingerprint density at radius 2 is 1.29 bits per heavy atom. The minimum Gasteiger partial charge on any atom is -1.00 e. The van der Waals surface area contributed by atoms with Gasteiger partial charge in [0.15, 0.2) is 0 Å². The van der Waals surface area contributed by atoms with Crippen LogP contribution in [0.2, 0.25) is 0 Å². The summed E-state index contributed by atoms with van der Waals surface area (Å²) in [5.41, 5.74) is 0.726. The molecule has 0 radical (unpaired) electrons. The normalized spacial score (nSPS) is 10.8. The number of aryl methyl sites for hydroxylation is 1. The second kappa shape index (κ2) is 15.8. The van der Waals surface area contributed by atoms with Crippen LogP contribution >= 0.6 is 0 Å². The third-order valence-electron chi connectivity index (χ3n) is 4.05. The Kier molecular flexibility index (Phi) is 17.7. The van der Waals surface area contributed by atoms with Crippen molar-refractivity contribution in [1.82, 2.24) is 0 Å². The van der Waals surface area contributed by atoms with Crippen molar-refractivity contribution in [2.24, 2.45) is 0 Å². The molecule has 0 saturated carbocycles. The summed E-state index contributed by atoms with van der Waals surface area (Å²) >= 11 is 0. The Morgan fingerprint density at radius 1 is 0.833 bits per heavy atom. The van der Waals surface area contributed by atoms with E-state index < -0.39 is 10.1 Å². The predicted octanol–water partition coefficient (Wildman–Crippen LogP) is -0.595. The first-order valence-corrected chi connectivity index (χ1v) is 10.0. The molecule has 6 heteroatoms. The second-order valence-electron chi connectivity index (χ2n) is 6.01. The van der Waals surface area contributed by atoms with Gasteiger partial charge in [0.1, 0.15) is 0 Å². The van der Waals surface area contributed by atoms with Gasteiger partial charge >= 0.3 is 29.6 Å². The Balaban J connectivity index is 0. The van der Waals surface area contributed by atoms with Crippen LogP contribution < -0.4 is 46.5 Å². The topological polar surface area (TPSA) is 54.4 Å². The monoisotopic (exact) mass is 428 g/mol. The maximum Gasteiger partial charge on any atom is 1.00 e. The van der Waals surface area contributed by atoms with Crippen molar-refractivity contribution in [3.8, 4) is 0 Å². The quantitative estimate of drug-likeness (QED) is 0.275. The fraction of sp³-hybridized carbons (Fsp3) is 0.667. The van der Waals surface area contributed by atoms with Crippen molar-refractivity contribution in [2.75, 3.05) is 0 Å². The zero-order valence-corrected chi connectivity index (χ0v) is 19.5. The van der Waals surface area contributed by atoms with Crippen molar-refractivity contribution in [1.29, 1.82) is 0 Å². The molecule has 134 valence electrons. The van der Waals surface area contributed by atoms with Gasteiger partial charge in [-0.15, -0.1) is 0 Å². The van der Waals surface area contributed by atoms with E-state index in [9.17, 15) is 13.0 Å². The molecule has 0 aliphatic carbocycles. The van der Waals surface area contributed by atoms with Crippen LogP contribution in [0, 0.1) is 0 Å². The third kappa shape index (κ3) is 12.0. The van der Waals surface area contributed by atoms with Crippen LogP contribution in [0.3, 0.4) is 0 Å². The number of halogens is 1. The molecule has 1 aromatic carbocycles. The number of hydrogen-bond donors (Lipinski definition) is 1. The SMILES string of the molecule is CCCCCCCCCCCCc1ccccc1S(=O)(=O)O.[Br-].[Na+]. The zero-order chi connectivity index (χ0) is 16.3. The molecule has 1 rings (SSSR count). The van der Waals surface area contributed by atoms with Crippen molar-refractivity contribution in [3.63, 3.8) is 0 Å². The smallest absolute Gasteiger partial charge is 1.00 e. The van der Waals surface area contributed by atoms with E-state index in [1.54, 1.807) is 12.1 Å². The molecular weight excluding hydrogens is 399 g/mol. The van der Waals surface area contributed by atoms with Gasteiger partial charge in [-0.2, -0.15) is 8.42 Å². The molecule has 0 bridgehead atoms. The molecule has 3 nitrogen and oxygen atoms in total. The molecule has 0 atom stereocenters. The number of rotatable bonds is 12. The van der Waals surface area contributed by atoms with E-state index in [4.69, 9.17) is 0 Å². The van der Waals surface area contributed by atoms with Crippen LogP contribution in [-0.4, -0.2) is 13.0 Å². The van der Waals surface area contributed by atoms with Gasteiger partial charge in [-0.1, -0.05) is 82.9 Å². The van der Waals surface area contributed by atoms with Gasteiger partial charge in [-0.05, 0) is 24.5 Å². The summed E-state index contributed by atoms with van der Waals surface area (Å²) in [4.78, 5) is 0.0610. The van der Waals surface area contributed by atoms with E-state index in [2.05, 4.69) is 6.92 Å². The van der Waals surface area contributed by atoms with Gasteiger partial charge in [0.25, 0.3) is 10.1 Å². The Labute approximate surface area is 180 Å². The fourth-order valence-corrected chi connectivity index (χ4v) is 3.52. The van der Waals surface area contributed by atoms with Crippen LogP contribution in [0.4, 0.5) is 0 Å². The molecule has 24 heavy (non-hydrogen) atoms. The van der Waals surface area contributed by atoms with E-state index in [-0.39, 0.29) is 51.4 Å². The minimum absolute atomic E-state index is 0. The van der Waals surface area contributed by atoms with E-state index in [1.165, 1.54) is 57.4 Å². The van der Waals surface area contributed by atoms with Crippen LogP contribution in [0.15, 0.2) is 29.2 Å². The molecule has 0 fully saturated rings. The number of unbranched alkanes of at least 4 members (excludes halogenated alkanes) is 9. The number of benzene rings is 1. The molecule has 0 amide bonds. The molecule has 1 N–H and O–H groups in total. The minimum atomic E-state index is -4.10. The Bertz CT molecular complexity index is 521. The summed E-state index contributed by atoms with van der Waals surface area (Å²) in [6.45, 7) is 2.24. The number of hydrogen-bond acceptors (Lipinski definition) is 2. The van der Waals surface area contributed by atoms with Crippen molar-refractivity contribution in [2.45, 2.75) is 82.4 Å². The van der Waals surface area contributed by atoms with E-state index in [0.29, 0.717) is 6.42 Å². The summed E-state index contributed by atoms with van der Waals surface area (Å²) in [6.07, 6.45) is 13.3. The molecule has 1 aromatic rings. The van der Waals surface area contributed by atoms with E-state index in [1.807, 2.05) is 6.07 Å². The summed E-state index contributed by atoms with van der Waals surface area (Å²) < 4.78 is 31.8. The standard InChI is InChI=1S/C18H30O3S.BrH.Na/c1-2-3-4-5-6-7-8-9-10-11-14-17-15-12-13-16-18(17)22(19,20)21;;/h12-13,15-16H,2-11,14H2,1H3,(H,19,20,21);1H;/q;;+1/p-1. The van der Waals surface area contributed by atoms with Gasteiger partial charge in [0.2, 0.25) is 0 Å². The van der Waals surface area contributed by atoms with Crippen molar-refractivity contribution in [3.05, 3.63) is 29.8 Å². The van der Waals surface area contributed by atoms with Crippen molar-refractivity contribution >= 4 is 10.1 Å². The maximum atomic E-state index is 11.3. The van der Waals surface area contributed by atoms with Gasteiger partial charge in [0, 0.05) is 0 Å². The molecular formula is C18H30BrNaO3S. The van der Waals surface area contributed by atoms with Crippen LogP contribution in [0.25, 0.3) is 0 Å². The predicted molar refractivity (Wildman–Crippen MR) is 91.8 cm³/mol. The fourth-order valence-electron chi connectivity index (χ4n) is 2.76. The first-order chi connectivity index (χ1) is 10.6. The summed E-state index contributed by atoms with van der Waals surface area (Å²) in [5.74, 6) is 0. The van der Waals surface area contributed by atoms with Gasteiger partial charge < -0.3 is 17.0 Å². The van der Waals surface area contributed by atoms with Gasteiger partial charge in [0.05, 0.1) is 4.90 Å². The summed E-state index contributed by atoms with van der Waals surface area (Å²) in [7, 11) is -4.10. The van der Waals surface area contributed by atoms with Crippen molar-refractivity contribution < 1.29 is 59.5 Å². The van der Waals surface area contributed by atoms with Crippen LogP contribution in [0.1, 0.15) is 76.7 Å². The zero-order valence-electron chi connectivity index (χ0n) is 15.1. The average molecular weight is 429 g/mol. The molecule has 0 aliphatic rings. The molecule has 0 heterocycles.